The molecule has 0 spiro atoms. The van der Waals surface area contributed by atoms with Crippen molar-refractivity contribution in [3.63, 3.8) is 0 Å². The van der Waals surface area contributed by atoms with E-state index in [2.05, 4.69) is 10.6 Å². The van der Waals surface area contributed by atoms with Gasteiger partial charge in [0.2, 0.25) is 11.8 Å². The van der Waals surface area contributed by atoms with Crippen LogP contribution in [0.1, 0.15) is 17.5 Å². The first-order valence-electron chi connectivity index (χ1n) is 7.08. The second-order valence-corrected chi connectivity index (χ2v) is 6.59. The summed E-state index contributed by atoms with van der Waals surface area (Å²) in [4.78, 5) is 24.0. The number of halogens is 3. The van der Waals surface area contributed by atoms with Crippen LogP contribution in [-0.4, -0.2) is 11.8 Å². The topological polar surface area (TPSA) is 58.2 Å². The third-order valence-corrected chi connectivity index (χ3v) is 4.07. The predicted octanol–water partition coefficient (Wildman–Crippen LogP) is 5.23. The van der Waals surface area contributed by atoms with Gasteiger partial charge in [0, 0.05) is 5.02 Å². The molecule has 7 heteroatoms. The van der Waals surface area contributed by atoms with Crippen molar-refractivity contribution in [1.29, 1.82) is 0 Å². The molecule has 4 nitrogen and oxygen atoms in total. The minimum atomic E-state index is -0.488. The normalized spacial score (nSPS) is 10.4. The molecule has 2 aromatic rings. The zero-order valence-corrected chi connectivity index (χ0v) is 15.3. The smallest absolute Gasteiger partial charge is 0.233 e. The third kappa shape index (κ3) is 4.87. The number of hydrogen-bond donors (Lipinski definition) is 2. The van der Waals surface area contributed by atoms with Crippen molar-refractivity contribution < 1.29 is 9.59 Å². The molecule has 0 saturated carbocycles. The number of carbonyl (C=O) groups excluding carboxylic acids is 2. The van der Waals surface area contributed by atoms with E-state index in [0.717, 1.165) is 11.1 Å². The molecule has 0 aliphatic carbocycles. The van der Waals surface area contributed by atoms with Crippen LogP contribution in [0.2, 0.25) is 15.1 Å². The van der Waals surface area contributed by atoms with Crippen LogP contribution >= 0.6 is 34.8 Å². The van der Waals surface area contributed by atoms with Crippen LogP contribution in [0, 0.1) is 13.8 Å². The Hall–Kier alpha value is -1.75. The summed E-state index contributed by atoms with van der Waals surface area (Å²) in [6, 6.07) is 8.32. The highest BCUT2D eigenvalue weighted by Crippen LogP contribution is 2.28. The average Bonchev–Trinajstić information content (AvgIpc) is 2.45. The fourth-order valence-corrected chi connectivity index (χ4v) is 3.01. The van der Waals surface area contributed by atoms with Gasteiger partial charge in [-0.3, -0.25) is 9.59 Å². The zero-order valence-electron chi connectivity index (χ0n) is 13.0. The minimum absolute atomic E-state index is 0.300. The molecule has 0 fully saturated rings. The summed E-state index contributed by atoms with van der Waals surface area (Å²) in [5, 5.41) is 6.42. The number of aryl methyl sites for hydroxylation is 2. The number of rotatable bonds is 4. The lowest BCUT2D eigenvalue weighted by Gasteiger charge is -2.12. The van der Waals surface area contributed by atoms with Crippen molar-refractivity contribution in [3.8, 4) is 0 Å². The fourth-order valence-electron chi connectivity index (χ4n) is 2.19. The van der Waals surface area contributed by atoms with E-state index in [1.54, 1.807) is 18.2 Å². The van der Waals surface area contributed by atoms with Gasteiger partial charge in [0.1, 0.15) is 6.42 Å². The zero-order chi connectivity index (χ0) is 17.9. The van der Waals surface area contributed by atoms with Crippen LogP contribution in [0.5, 0.6) is 0 Å². The molecule has 0 aliphatic heterocycles. The molecule has 0 bridgehead atoms. The largest absolute Gasteiger partial charge is 0.324 e. The molecule has 0 saturated heterocycles. The molecule has 2 N–H and O–H groups in total. The molecule has 24 heavy (non-hydrogen) atoms. The average molecular weight is 386 g/mol. The lowest BCUT2D eigenvalue weighted by Crippen LogP contribution is -2.22. The van der Waals surface area contributed by atoms with Gasteiger partial charge in [0.25, 0.3) is 0 Å². The lowest BCUT2D eigenvalue weighted by molar-refractivity contribution is -0.123. The summed E-state index contributed by atoms with van der Waals surface area (Å²) in [5.74, 6) is -0.955. The van der Waals surface area contributed by atoms with E-state index in [0.29, 0.717) is 26.4 Å². The number of amides is 2. The van der Waals surface area contributed by atoms with Gasteiger partial charge < -0.3 is 10.6 Å². The van der Waals surface area contributed by atoms with E-state index in [1.807, 2.05) is 19.9 Å². The summed E-state index contributed by atoms with van der Waals surface area (Å²) in [5.41, 5.74) is 2.72. The highest BCUT2D eigenvalue weighted by molar-refractivity contribution is 6.37. The maximum Gasteiger partial charge on any atom is 0.233 e. The van der Waals surface area contributed by atoms with Crippen LogP contribution in [0.15, 0.2) is 30.3 Å². The number of carbonyl (C=O) groups is 2. The highest BCUT2D eigenvalue weighted by atomic mass is 35.5. The molecule has 0 aliphatic rings. The second-order valence-electron chi connectivity index (χ2n) is 5.34. The Balaban J connectivity index is 2.01. The van der Waals surface area contributed by atoms with Crippen molar-refractivity contribution >= 4 is 58.0 Å². The van der Waals surface area contributed by atoms with Crippen molar-refractivity contribution in [2.45, 2.75) is 20.3 Å². The second kappa shape index (κ2) is 7.88. The van der Waals surface area contributed by atoms with Crippen molar-refractivity contribution in [3.05, 3.63) is 56.5 Å². The van der Waals surface area contributed by atoms with Gasteiger partial charge >= 0.3 is 0 Å². The van der Waals surface area contributed by atoms with E-state index in [-0.39, 0.29) is 6.42 Å². The van der Waals surface area contributed by atoms with Gasteiger partial charge in [-0.15, -0.1) is 0 Å². The predicted molar refractivity (Wildman–Crippen MR) is 99.3 cm³/mol. The first-order chi connectivity index (χ1) is 11.3. The van der Waals surface area contributed by atoms with Crippen molar-refractivity contribution in [1.82, 2.24) is 0 Å². The number of hydrogen-bond acceptors (Lipinski definition) is 2. The first kappa shape index (κ1) is 18.6. The van der Waals surface area contributed by atoms with Crippen LogP contribution in [0.4, 0.5) is 11.4 Å². The Morgan fingerprint density at radius 3 is 2.21 bits per heavy atom. The van der Waals surface area contributed by atoms with E-state index in [1.165, 1.54) is 6.07 Å². The van der Waals surface area contributed by atoms with Crippen LogP contribution in [-0.2, 0) is 9.59 Å². The molecular formula is C17H15Cl3N2O2. The molecule has 2 amide bonds. The Morgan fingerprint density at radius 1 is 0.917 bits per heavy atom. The van der Waals surface area contributed by atoms with E-state index >= 15 is 0 Å². The standard InChI is InChI=1S/C17H15Cl3N2O2/c1-9-5-10(2)17(13(20)6-9)22-16(24)8-15(23)21-14-4-3-11(18)7-12(14)19/h3-7H,8H2,1-2H3,(H,21,23)(H,22,24). The van der Waals surface area contributed by atoms with E-state index in [4.69, 9.17) is 34.8 Å². The van der Waals surface area contributed by atoms with E-state index < -0.39 is 11.8 Å². The quantitative estimate of drug-likeness (QED) is 0.708. The molecular weight excluding hydrogens is 371 g/mol. The number of nitrogens with one attached hydrogen (secondary N) is 2. The molecule has 0 heterocycles. The van der Waals surface area contributed by atoms with Crippen molar-refractivity contribution in [2.75, 3.05) is 10.6 Å². The van der Waals surface area contributed by atoms with Crippen LogP contribution in [0.3, 0.4) is 0 Å². The van der Waals surface area contributed by atoms with Gasteiger partial charge in [-0.25, -0.2) is 0 Å². The molecule has 0 aromatic heterocycles. The summed E-state index contributed by atoms with van der Waals surface area (Å²) < 4.78 is 0. The Kier molecular flexibility index (Phi) is 6.10. The summed E-state index contributed by atoms with van der Waals surface area (Å²) in [7, 11) is 0. The third-order valence-electron chi connectivity index (χ3n) is 3.22. The minimum Gasteiger partial charge on any atom is -0.324 e. The maximum atomic E-state index is 12.1. The van der Waals surface area contributed by atoms with Crippen LogP contribution in [0.25, 0.3) is 0 Å². The number of anilines is 2. The van der Waals surface area contributed by atoms with Gasteiger partial charge in [0.15, 0.2) is 0 Å². The lowest BCUT2D eigenvalue weighted by atomic mass is 10.1. The molecule has 0 radical (unpaired) electrons. The van der Waals surface area contributed by atoms with Gasteiger partial charge in [-0.1, -0.05) is 40.9 Å². The summed E-state index contributed by atoms with van der Waals surface area (Å²) >= 11 is 17.9. The Labute approximate surface area is 155 Å². The Morgan fingerprint density at radius 2 is 1.58 bits per heavy atom. The number of benzene rings is 2. The van der Waals surface area contributed by atoms with Gasteiger partial charge in [0.05, 0.1) is 21.4 Å². The SMILES string of the molecule is Cc1cc(C)c(NC(=O)CC(=O)Nc2ccc(Cl)cc2Cl)c(Cl)c1. The van der Waals surface area contributed by atoms with Gasteiger partial charge in [-0.2, -0.15) is 0 Å². The fraction of sp³-hybridized carbons (Fsp3) is 0.176. The van der Waals surface area contributed by atoms with Crippen LogP contribution < -0.4 is 10.6 Å². The summed E-state index contributed by atoms with van der Waals surface area (Å²) in [6.07, 6.45) is -0.359. The van der Waals surface area contributed by atoms with Crippen molar-refractivity contribution in [2.24, 2.45) is 0 Å². The molecule has 0 atom stereocenters. The summed E-state index contributed by atoms with van der Waals surface area (Å²) in [6.45, 7) is 3.75. The molecule has 2 aromatic carbocycles. The maximum absolute atomic E-state index is 12.1. The molecule has 0 unspecified atom stereocenters. The highest BCUT2D eigenvalue weighted by Gasteiger charge is 2.14. The Bertz CT molecular complexity index is 783. The molecule has 2 rings (SSSR count). The van der Waals surface area contributed by atoms with E-state index in [9.17, 15) is 9.59 Å². The van der Waals surface area contributed by atoms with Gasteiger partial charge in [-0.05, 0) is 49.2 Å². The monoisotopic (exact) mass is 384 g/mol. The first-order valence-corrected chi connectivity index (χ1v) is 8.21. The molecule has 126 valence electrons.